The van der Waals surface area contributed by atoms with Gasteiger partial charge in [-0.1, -0.05) is 58.1 Å². The first-order chi connectivity index (χ1) is 40.4. The van der Waals surface area contributed by atoms with Gasteiger partial charge in [0.1, 0.15) is 35.4 Å². The number of nitrogens with one attached hydrogen (secondary N) is 8. The number of aromatic amines is 2. The van der Waals surface area contributed by atoms with Crippen LogP contribution < -0.4 is 41.7 Å². The Kier molecular flexibility index (Phi) is 32.8. The number of anilines is 2. The van der Waals surface area contributed by atoms with E-state index >= 15 is 0 Å². The summed E-state index contributed by atoms with van der Waals surface area (Å²) in [6.07, 6.45) is 4.22. The molecular formula is C48H92BN14O21P3S2. The maximum Gasteiger partial charge on any atom is 0.478 e. The third-order valence-corrected chi connectivity index (χ3v) is 19.2. The molecule has 17 N–H and O–H groups in total. The van der Waals surface area contributed by atoms with Gasteiger partial charge in [0.05, 0.1) is 70.3 Å². The minimum absolute atomic E-state index is 0. The third-order valence-electron chi connectivity index (χ3n) is 14.2. The topological polar surface area (TPSA) is 525 Å². The Morgan fingerprint density at radius 2 is 1.25 bits per heavy atom. The number of imidazole rings is 2. The van der Waals surface area contributed by atoms with E-state index in [4.69, 9.17) is 30.4 Å². The fraction of sp³-hybridized carbons (Fsp3) is 0.708. The highest BCUT2D eigenvalue weighted by Gasteiger charge is 2.42. The zero-order chi connectivity index (χ0) is 63.6. The number of aliphatic hydroxyl groups excluding tert-OH is 1. The normalized spacial score (nSPS) is 21.5. The number of fused-ring (bicyclic) bond motifs is 2. The number of carbonyl (C=O) groups excluding carboxylic acids is 6. The standard InChI is InChI=1S/C24H40BN7O10P2S.C24H40N7O8PS.3H2O.3H2/c1-15(33)45-14-31-18(34)7-8-27-23(36)20(35)24(2,3)11-41-44(38,39)42-43(25,37)40-10-16-5-6-17(9-16)32-13-30-21(26-4)19-22(32)29-12-28-19;1-15(23(34)26-9-8-18(33)30-14-41-16(2)32)24(3,4)11-38-40(35,36)37-10-17-6-7-19(39-17)31-13-29-21(25-5)20-22(31)28-12-27-20;;;;;;/h12,16-17,20,35H,5-11,13-14H2,1-4H3,(H,26,30)(H,27,36)(H,28,29)(H,31,34)(H,38,39);12,15,17,19H,6-11,13-14H2,1-5H3,(H,25,29)(H,26,34)(H,27,28)(H,30,33)(H,35,36);3*1H2;3*1H. The Morgan fingerprint density at radius 1 is 0.742 bits per heavy atom. The largest absolute Gasteiger partial charge is 0.478 e. The van der Waals surface area contributed by atoms with Gasteiger partial charge in [-0.05, 0) is 38.0 Å². The van der Waals surface area contributed by atoms with Crippen LogP contribution in [0.1, 0.15) is 109 Å². The van der Waals surface area contributed by atoms with Crippen LogP contribution in [0.5, 0.6) is 0 Å². The van der Waals surface area contributed by atoms with Gasteiger partial charge in [-0.25, -0.2) is 23.4 Å². The lowest BCUT2D eigenvalue weighted by Crippen LogP contribution is -2.49. The number of carbonyl (C=O) groups is 6. The first kappa shape index (κ1) is 80.2. The van der Waals surface area contributed by atoms with Gasteiger partial charge in [-0.3, -0.25) is 56.9 Å². The van der Waals surface area contributed by atoms with Crippen LogP contribution in [0.3, 0.4) is 0 Å². The van der Waals surface area contributed by atoms with Gasteiger partial charge in [-0.15, -0.1) is 0 Å². The summed E-state index contributed by atoms with van der Waals surface area (Å²) in [6, 6.07) is 0.108. The molecule has 2 aromatic rings. The molecule has 4 amide bonds. The summed E-state index contributed by atoms with van der Waals surface area (Å²) < 4.78 is 69.2. The number of rotatable bonds is 30. The molecule has 9 atom stereocenters. The van der Waals surface area contributed by atoms with Crippen LogP contribution in [0.25, 0.3) is 0 Å². The lowest BCUT2D eigenvalue weighted by molar-refractivity contribution is -0.137. The molecule has 0 spiro atoms. The Labute approximate surface area is 529 Å². The lowest BCUT2D eigenvalue weighted by atomic mass is 9.80. The Bertz CT molecular complexity index is 2910. The molecule has 1 aliphatic carbocycles. The third kappa shape index (κ3) is 25.3. The van der Waals surface area contributed by atoms with Crippen LogP contribution in [0, 0.1) is 22.7 Å². The van der Waals surface area contributed by atoms with Gasteiger partial charge in [0.25, 0.3) is 7.47 Å². The van der Waals surface area contributed by atoms with E-state index in [2.05, 4.69) is 71.0 Å². The van der Waals surface area contributed by atoms with Crippen LogP contribution in [-0.2, 0) is 69.6 Å². The quantitative estimate of drug-likeness (QED) is 0.0289. The molecule has 6 rings (SSSR count). The molecule has 35 nitrogen and oxygen atoms in total. The van der Waals surface area contributed by atoms with Gasteiger partial charge >= 0.3 is 15.6 Å². The van der Waals surface area contributed by atoms with Crippen LogP contribution in [0.15, 0.2) is 22.6 Å². The predicted molar refractivity (Wildman–Crippen MR) is 338 cm³/mol. The molecule has 2 aromatic heterocycles. The average molecular weight is 1370 g/mol. The molecule has 510 valence electrons. The number of aromatic nitrogens is 4. The number of aliphatic hydroxyl groups is 1. The number of thioether (sulfide) groups is 2. The SMILES string of the molecule is CN=C1NCN(C2CCC(COP(=O)(O)OCC(C)(C)C(C)C(=O)NCCC(=O)NCSC(C)=O)O2)c2nc[nH]c21.O.O.O.[B]P(=O)(OCC1CCC(N2CNC(=NC)c3[nH]cnc32)C1)OP(=O)(O)OCC(C)(C)C(O)C(=O)NCCC(=O)NCSC(C)=O.[HH].[HH].[HH]. The summed E-state index contributed by atoms with van der Waals surface area (Å²) in [4.78, 5) is 118. The summed E-state index contributed by atoms with van der Waals surface area (Å²) in [5.74, 6) is 0.674. The summed E-state index contributed by atoms with van der Waals surface area (Å²) in [7, 11) is -5.02. The molecule has 3 aliphatic heterocycles. The lowest BCUT2D eigenvalue weighted by Gasteiger charge is -2.34. The van der Waals surface area contributed by atoms with E-state index in [1.165, 1.54) is 27.7 Å². The molecular weight excluding hydrogens is 1280 g/mol. The molecule has 2 fully saturated rings. The van der Waals surface area contributed by atoms with Crippen LogP contribution in [0.4, 0.5) is 11.6 Å². The van der Waals surface area contributed by atoms with Crippen molar-refractivity contribution >= 4 is 111 Å². The smallest absolute Gasteiger partial charge is 0.412 e. The minimum Gasteiger partial charge on any atom is -0.412 e. The summed E-state index contributed by atoms with van der Waals surface area (Å²) in [5, 5.41) is 26.8. The highest BCUT2D eigenvalue weighted by molar-refractivity contribution is 8.13. The highest BCUT2D eigenvalue weighted by atomic mass is 32.2. The van der Waals surface area contributed by atoms with Crippen molar-refractivity contribution in [2.75, 3.05) is 88.5 Å². The number of amidine groups is 2. The van der Waals surface area contributed by atoms with E-state index in [9.17, 15) is 57.4 Å². The van der Waals surface area contributed by atoms with Gasteiger partial charge in [0.15, 0.2) is 21.9 Å². The number of hydrogen-bond acceptors (Lipinski definition) is 24. The van der Waals surface area contributed by atoms with Crippen molar-refractivity contribution in [1.29, 1.82) is 0 Å². The van der Waals surface area contributed by atoms with Gasteiger partial charge < -0.3 is 92.3 Å². The second-order valence-corrected chi connectivity index (χ2v) is 28.7. The minimum atomic E-state index is -5.04. The van der Waals surface area contributed by atoms with Crippen molar-refractivity contribution in [3.8, 4) is 0 Å². The first-order valence-electron chi connectivity index (χ1n) is 27.4. The van der Waals surface area contributed by atoms with Gasteiger partial charge in [-0.2, -0.15) is 0 Å². The van der Waals surface area contributed by atoms with Crippen LogP contribution >= 0.6 is 46.6 Å². The highest BCUT2D eigenvalue weighted by Crippen LogP contribution is 2.61. The second-order valence-electron chi connectivity index (χ2n) is 21.7. The van der Waals surface area contributed by atoms with Crippen molar-refractivity contribution in [3.05, 3.63) is 24.0 Å². The molecule has 2 radical (unpaired) electrons. The van der Waals surface area contributed by atoms with Crippen molar-refractivity contribution in [3.63, 3.8) is 0 Å². The molecule has 9 unspecified atom stereocenters. The van der Waals surface area contributed by atoms with E-state index in [0.29, 0.717) is 44.3 Å². The summed E-state index contributed by atoms with van der Waals surface area (Å²) in [5.41, 5.74) is -0.664. The summed E-state index contributed by atoms with van der Waals surface area (Å²) >= 11 is 1.91. The van der Waals surface area contributed by atoms with Crippen molar-refractivity contribution in [1.82, 2.24) is 51.8 Å². The molecule has 5 heterocycles. The molecule has 1 saturated heterocycles. The maximum absolute atomic E-state index is 12.7. The van der Waals surface area contributed by atoms with E-state index < -0.39 is 70.5 Å². The number of phosphoric ester groups is 2. The number of phosphoric acid groups is 2. The number of amides is 4. The molecule has 89 heavy (non-hydrogen) atoms. The molecule has 0 aromatic carbocycles. The van der Waals surface area contributed by atoms with E-state index in [1.807, 2.05) is 4.90 Å². The summed E-state index contributed by atoms with van der Waals surface area (Å²) in [6.45, 7) is 10.6. The number of nitrogens with zero attached hydrogens (tertiary/aromatic N) is 6. The molecule has 41 heteroatoms. The zero-order valence-electron chi connectivity index (χ0n) is 51.0. The number of H-pyrrole nitrogens is 2. The predicted octanol–water partition coefficient (Wildman–Crippen LogP) is 0.573. The monoisotopic (exact) mass is 1370 g/mol. The molecule has 4 aliphatic rings. The Balaban J connectivity index is 0. The number of hydrogen-bond donors (Lipinski definition) is 11. The molecule has 1 saturated carbocycles. The fourth-order valence-corrected chi connectivity index (χ4v) is 13.2. The van der Waals surface area contributed by atoms with E-state index in [1.54, 1.807) is 47.5 Å². The van der Waals surface area contributed by atoms with Gasteiger partial charge in [0, 0.05) is 80.9 Å². The fourth-order valence-electron chi connectivity index (χ4n) is 8.93. The van der Waals surface area contributed by atoms with E-state index in [0.717, 1.165) is 59.4 Å². The second kappa shape index (κ2) is 36.4. The number of aliphatic imine (C=N–C) groups is 2. The Morgan fingerprint density at radius 3 is 1.79 bits per heavy atom. The van der Waals surface area contributed by atoms with Crippen molar-refractivity contribution in [2.24, 2.45) is 32.7 Å². The van der Waals surface area contributed by atoms with Crippen molar-refractivity contribution in [2.45, 2.75) is 118 Å². The average Bonchev–Trinajstić information content (AvgIpc) is 2.34. The van der Waals surface area contributed by atoms with E-state index in [-0.39, 0.29) is 118 Å². The maximum atomic E-state index is 12.7. The molecule has 0 bridgehead atoms. The van der Waals surface area contributed by atoms with Crippen molar-refractivity contribution < 1.29 is 105 Å². The first-order valence-corrected chi connectivity index (χ1v) is 34.0. The number of ether oxygens (including phenoxy) is 1. The van der Waals surface area contributed by atoms with Crippen LogP contribution in [0.2, 0.25) is 0 Å². The zero-order valence-corrected chi connectivity index (χ0v) is 55.3. The van der Waals surface area contributed by atoms with Crippen LogP contribution in [-0.4, -0.2) is 208 Å². The van der Waals surface area contributed by atoms with Gasteiger partial charge in [0.2, 0.25) is 31.2 Å². The Hall–Kier alpha value is -4.85.